The molecule has 0 saturated carbocycles. The number of furan rings is 1. The molecule has 0 saturated heterocycles. The number of amides is 2. The zero-order valence-electron chi connectivity index (χ0n) is 13.6. The third-order valence-corrected chi connectivity index (χ3v) is 3.86. The lowest BCUT2D eigenvalue weighted by Gasteiger charge is -2.13. The smallest absolute Gasteiger partial charge is 0.463 e. The normalized spacial score (nSPS) is 13.5. The van der Waals surface area contributed by atoms with Crippen LogP contribution >= 0.6 is 0 Å². The lowest BCUT2D eigenvalue weighted by atomic mass is 10.1. The minimum atomic E-state index is -5.01. The van der Waals surface area contributed by atoms with Crippen LogP contribution in [0, 0.1) is 11.3 Å². The molecule has 0 fully saturated rings. The van der Waals surface area contributed by atoms with Crippen molar-refractivity contribution in [3.63, 3.8) is 0 Å². The Bertz CT molecular complexity index is 952. The maximum absolute atomic E-state index is 12.4. The Labute approximate surface area is 150 Å². The van der Waals surface area contributed by atoms with Gasteiger partial charge in [-0.15, -0.1) is 0 Å². The molecule has 3 rings (SSSR count). The van der Waals surface area contributed by atoms with Crippen LogP contribution < -0.4 is 10.6 Å². The summed E-state index contributed by atoms with van der Waals surface area (Å²) in [6, 6.07) is 5.13. The van der Waals surface area contributed by atoms with Crippen molar-refractivity contribution in [3.05, 3.63) is 35.2 Å². The van der Waals surface area contributed by atoms with E-state index in [9.17, 15) is 28.0 Å². The number of nitrogens with zero attached hydrogens (tertiary/aromatic N) is 3. The molecular formula is C16H12F3N5O3. The van der Waals surface area contributed by atoms with Gasteiger partial charge >= 0.3 is 12.1 Å². The summed E-state index contributed by atoms with van der Waals surface area (Å²) in [6.07, 6.45) is -2.46. The summed E-state index contributed by atoms with van der Waals surface area (Å²) < 4.78 is 43.8. The maximum Gasteiger partial charge on any atom is 0.471 e. The molecule has 3 heterocycles. The molecule has 1 aliphatic heterocycles. The fourth-order valence-electron chi connectivity index (χ4n) is 2.79. The molecule has 0 atom stereocenters. The molecule has 1 aliphatic rings. The fraction of sp³-hybridized carbons (Fsp3) is 0.250. The number of nitriles is 1. The van der Waals surface area contributed by atoms with Crippen molar-refractivity contribution in [2.24, 2.45) is 4.99 Å². The highest BCUT2D eigenvalue weighted by Crippen LogP contribution is 2.33. The van der Waals surface area contributed by atoms with E-state index >= 15 is 0 Å². The van der Waals surface area contributed by atoms with E-state index in [0.717, 1.165) is 0 Å². The predicted octanol–water partition coefficient (Wildman–Crippen LogP) is 1.57. The van der Waals surface area contributed by atoms with E-state index in [0.29, 0.717) is 5.56 Å². The Morgan fingerprint density at radius 1 is 1.44 bits per heavy atom. The van der Waals surface area contributed by atoms with Crippen LogP contribution in [-0.4, -0.2) is 35.4 Å². The lowest BCUT2D eigenvalue weighted by molar-refractivity contribution is -0.173. The summed E-state index contributed by atoms with van der Waals surface area (Å²) in [7, 11) is 0. The van der Waals surface area contributed by atoms with E-state index in [1.807, 2.05) is 6.07 Å². The van der Waals surface area contributed by atoms with E-state index < -0.39 is 24.5 Å². The summed E-state index contributed by atoms with van der Waals surface area (Å²) in [6.45, 7) is -0.561. The summed E-state index contributed by atoms with van der Waals surface area (Å²) in [4.78, 5) is 27.4. The highest BCUT2D eigenvalue weighted by Gasteiger charge is 2.38. The first-order chi connectivity index (χ1) is 12.8. The highest BCUT2D eigenvalue weighted by atomic mass is 19.4. The number of carbonyl (C=O) groups is 2. The van der Waals surface area contributed by atoms with Gasteiger partial charge in [0, 0.05) is 18.7 Å². The van der Waals surface area contributed by atoms with Gasteiger partial charge in [0.15, 0.2) is 5.76 Å². The first kappa shape index (κ1) is 18.2. The summed E-state index contributed by atoms with van der Waals surface area (Å²) in [5.41, 5.74) is 0.784. The second-order valence-electron chi connectivity index (χ2n) is 5.49. The van der Waals surface area contributed by atoms with Gasteiger partial charge in [0.25, 0.3) is 5.91 Å². The average molecular weight is 379 g/mol. The quantitative estimate of drug-likeness (QED) is 0.840. The Morgan fingerprint density at radius 3 is 2.85 bits per heavy atom. The number of fused-ring (bicyclic) bond motifs is 1. The molecule has 0 spiro atoms. The maximum atomic E-state index is 12.4. The first-order valence-corrected chi connectivity index (χ1v) is 7.68. The minimum absolute atomic E-state index is 0.0343. The largest absolute Gasteiger partial charge is 0.471 e. The van der Waals surface area contributed by atoms with Crippen LogP contribution in [0.25, 0.3) is 11.5 Å². The van der Waals surface area contributed by atoms with E-state index in [2.05, 4.69) is 10.3 Å². The van der Waals surface area contributed by atoms with Crippen LogP contribution in [0.15, 0.2) is 27.8 Å². The number of aromatic nitrogens is 1. The molecule has 27 heavy (non-hydrogen) atoms. The fourth-order valence-corrected chi connectivity index (χ4v) is 2.79. The molecule has 0 bridgehead atoms. The number of alkyl halides is 3. The molecule has 0 unspecified atom stereocenters. The number of carbonyl (C=O) groups excluding carboxylic acids is 2. The average Bonchev–Trinajstić information content (AvgIpc) is 3.18. The molecule has 0 aliphatic carbocycles. The van der Waals surface area contributed by atoms with Crippen LogP contribution in [-0.2, 0) is 17.9 Å². The number of halogens is 3. The van der Waals surface area contributed by atoms with Crippen LogP contribution in [0.4, 0.5) is 13.2 Å². The van der Waals surface area contributed by atoms with Crippen LogP contribution in [0.3, 0.4) is 0 Å². The monoisotopic (exact) mass is 379 g/mol. The molecule has 140 valence electrons. The van der Waals surface area contributed by atoms with Crippen molar-refractivity contribution >= 4 is 18.2 Å². The molecule has 2 aromatic rings. The van der Waals surface area contributed by atoms with Gasteiger partial charge in [-0.1, -0.05) is 0 Å². The first-order valence-electron chi connectivity index (χ1n) is 7.68. The number of hydrogen-bond donors (Lipinski definition) is 2. The number of rotatable bonds is 4. The van der Waals surface area contributed by atoms with E-state index in [1.165, 1.54) is 17.2 Å². The lowest BCUT2D eigenvalue weighted by Crippen LogP contribution is -2.38. The number of nitrogens with one attached hydrogen (secondary N) is 2. The van der Waals surface area contributed by atoms with Crippen LogP contribution in [0.5, 0.6) is 0 Å². The Morgan fingerprint density at radius 2 is 2.22 bits per heavy atom. The second-order valence-corrected chi connectivity index (χ2v) is 5.49. The highest BCUT2D eigenvalue weighted by molar-refractivity contribution is 6.03. The molecule has 2 aromatic heterocycles. The summed E-state index contributed by atoms with van der Waals surface area (Å²) in [5, 5.41) is 13.7. The van der Waals surface area contributed by atoms with Gasteiger partial charge in [-0.05, 0) is 12.1 Å². The summed E-state index contributed by atoms with van der Waals surface area (Å²) in [5.74, 6) is -2.39. The molecular weight excluding hydrogens is 367 g/mol. The van der Waals surface area contributed by atoms with Gasteiger partial charge in [-0.3, -0.25) is 14.6 Å². The third kappa shape index (κ3) is 3.41. The van der Waals surface area contributed by atoms with Gasteiger partial charge in [0.1, 0.15) is 17.5 Å². The Balaban J connectivity index is 2.04. The predicted molar refractivity (Wildman–Crippen MR) is 85.6 cm³/mol. The third-order valence-electron chi connectivity index (χ3n) is 3.86. The number of aliphatic imine (C=N–C) groups is 1. The van der Waals surface area contributed by atoms with Gasteiger partial charge in [-0.2, -0.15) is 18.4 Å². The van der Waals surface area contributed by atoms with E-state index in [1.54, 1.807) is 17.4 Å². The number of hydrogen-bond acceptors (Lipinski definition) is 5. The minimum Gasteiger partial charge on any atom is -0.463 e. The topological polar surface area (TPSA) is 112 Å². The molecule has 8 nitrogen and oxygen atoms in total. The Kier molecular flexibility index (Phi) is 4.72. The van der Waals surface area contributed by atoms with Crippen LogP contribution in [0.2, 0.25) is 0 Å². The van der Waals surface area contributed by atoms with E-state index in [4.69, 9.17) is 4.42 Å². The standard InChI is InChI=1S/C16H12F3N5O3/c17-16(18,19)15(26)22-3-4-24-12(11-2-1-5-27-11)9(6-20)10-7-21-8-23-14(25)13(10)24/h1-2,5,8H,3-4,7H2,(H,22,26)(H,21,23,25). The van der Waals surface area contributed by atoms with Crippen molar-refractivity contribution in [2.45, 2.75) is 19.3 Å². The van der Waals surface area contributed by atoms with Crippen molar-refractivity contribution in [1.29, 1.82) is 5.26 Å². The second kappa shape index (κ2) is 6.99. The summed E-state index contributed by atoms with van der Waals surface area (Å²) >= 11 is 0. The van der Waals surface area contributed by atoms with Gasteiger partial charge < -0.3 is 19.6 Å². The molecule has 2 amide bonds. The molecule has 2 N–H and O–H groups in total. The van der Waals surface area contributed by atoms with Gasteiger partial charge in [0.2, 0.25) is 0 Å². The van der Waals surface area contributed by atoms with E-state index in [-0.39, 0.29) is 35.8 Å². The SMILES string of the molecule is N#Cc1c2c(n(CCNC(=O)C(F)(F)F)c1-c1ccco1)C(=O)NC=NC2. The zero-order valence-corrected chi connectivity index (χ0v) is 13.6. The molecule has 0 aromatic carbocycles. The molecule has 11 heteroatoms. The van der Waals surface area contributed by atoms with Crippen molar-refractivity contribution in [3.8, 4) is 17.5 Å². The van der Waals surface area contributed by atoms with Crippen molar-refractivity contribution in [1.82, 2.24) is 15.2 Å². The molecule has 0 radical (unpaired) electrons. The van der Waals surface area contributed by atoms with Crippen molar-refractivity contribution in [2.75, 3.05) is 6.54 Å². The van der Waals surface area contributed by atoms with Crippen LogP contribution in [0.1, 0.15) is 21.6 Å². The van der Waals surface area contributed by atoms with Gasteiger partial charge in [-0.25, -0.2) is 0 Å². The Hall–Kier alpha value is -3.55. The zero-order chi connectivity index (χ0) is 19.6. The van der Waals surface area contributed by atoms with Gasteiger partial charge in [0.05, 0.1) is 24.7 Å². The van der Waals surface area contributed by atoms with Crippen molar-refractivity contribution < 1.29 is 27.2 Å².